The van der Waals surface area contributed by atoms with Crippen LogP contribution in [0.5, 0.6) is 11.5 Å². The Bertz CT molecular complexity index is 818. The van der Waals surface area contributed by atoms with Crippen LogP contribution in [-0.4, -0.2) is 45.8 Å². The molecule has 0 aromatic heterocycles. The molecule has 7 heteroatoms. The van der Waals surface area contributed by atoms with E-state index in [1.54, 1.807) is 18.2 Å². The van der Waals surface area contributed by atoms with Crippen molar-refractivity contribution in [2.24, 2.45) is 0 Å². The minimum Gasteiger partial charge on any atom is -0.486 e. The van der Waals surface area contributed by atoms with Gasteiger partial charge in [-0.2, -0.15) is 0 Å². The van der Waals surface area contributed by atoms with E-state index in [9.17, 15) is 9.59 Å². The summed E-state index contributed by atoms with van der Waals surface area (Å²) in [5, 5.41) is 2.73. The second-order valence-corrected chi connectivity index (χ2v) is 6.27. The highest BCUT2D eigenvalue weighted by atomic mass is 16.6. The van der Waals surface area contributed by atoms with E-state index in [2.05, 4.69) is 5.32 Å². The molecule has 1 aliphatic heterocycles. The molecular formula is C20H22N2O5. The van der Waals surface area contributed by atoms with Gasteiger partial charge in [0.2, 0.25) is 0 Å². The van der Waals surface area contributed by atoms with Gasteiger partial charge in [0.1, 0.15) is 13.2 Å². The van der Waals surface area contributed by atoms with Crippen LogP contribution >= 0.6 is 0 Å². The highest BCUT2D eigenvalue weighted by molar-refractivity contribution is 5.92. The number of hydrogen-bond donors (Lipinski definition) is 1. The normalized spacial score (nSPS) is 12.2. The lowest BCUT2D eigenvalue weighted by molar-refractivity contribution is -0.124. The zero-order chi connectivity index (χ0) is 19.2. The first-order valence-corrected chi connectivity index (χ1v) is 8.62. The molecule has 1 heterocycles. The summed E-state index contributed by atoms with van der Waals surface area (Å²) in [7, 11) is 3.93. The topological polar surface area (TPSA) is 77.1 Å². The van der Waals surface area contributed by atoms with E-state index in [1.165, 1.54) is 0 Å². The van der Waals surface area contributed by atoms with Crippen LogP contribution in [0.25, 0.3) is 0 Å². The molecule has 7 nitrogen and oxygen atoms in total. The molecule has 1 N–H and O–H groups in total. The smallest absolute Gasteiger partial charge is 0.338 e. The summed E-state index contributed by atoms with van der Waals surface area (Å²) >= 11 is 0. The van der Waals surface area contributed by atoms with Gasteiger partial charge in [0.15, 0.2) is 18.1 Å². The molecule has 3 rings (SSSR count). The molecule has 0 fully saturated rings. The molecule has 1 aliphatic rings. The number of rotatable bonds is 6. The molecule has 27 heavy (non-hydrogen) atoms. The van der Waals surface area contributed by atoms with Crippen molar-refractivity contribution in [3.63, 3.8) is 0 Å². The highest BCUT2D eigenvalue weighted by Gasteiger charge is 2.16. The van der Waals surface area contributed by atoms with E-state index >= 15 is 0 Å². The van der Waals surface area contributed by atoms with Gasteiger partial charge in [-0.1, -0.05) is 12.1 Å². The van der Waals surface area contributed by atoms with Gasteiger partial charge < -0.3 is 24.4 Å². The third kappa shape index (κ3) is 4.91. The molecule has 2 aromatic rings. The maximum absolute atomic E-state index is 12.1. The maximum atomic E-state index is 12.1. The van der Waals surface area contributed by atoms with Crippen molar-refractivity contribution in [1.82, 2.24) is 5.32 Å². The van der Waals surface area contributed by atoms with Crippen molar-refractivity contribution in [2.45, 2.75) is 6.54 Å². The molecule has 0 bridgehead atoms. The van der Waals surface area contributed by atoms with Crippen LogP contribution in [0.2, 0.25) is 0 Å². The molecular weight excluding hydrogens is 348 g/mol. The van der Waals surface area contributed by atoms with E-state index in [4.69, 9.17) is 14.2 Å². The van der Waals surface area contributed by atoms with Crippen LogP contribution in [0.1, 0.15) is 15.9 Å². The number of esters is 1. The minimum absolute atomic E-state index is 0.311. The Labute approximate surface area is 157 Å². The summed E-state index contributed by atoms with van der Waals surface area (Å²) in [6.07, 6.45) is 0. The van der Waals surface area contributed by atoms with Crippen LogP contribution in [0.15, 0.2) is 42.5 Å². The molecule has 0 atom stereocenters. The molecule has 0 radical (unpaired) electrons. The Kier molecular flexibility index (Phi) is 5.80. The average molecular weight is 370 g/mol. The monoisotopic (exact) mass is 370 g/mol. The average Bonchev–Trinajstić information content (AvgIpc) is 2.70. The lowest BCUT2D eigenvalue weighted by Crippen LogP contribution is -2.28. The van der Waals surface area contributed by atoms with Gasteiger partial charge >= 0.3 is 5.97 Å². The Morgan fingerprint density at radius 2 is 1.74 bits per heavy atom. The van der Waals surface area contributed by atoms with E-state index in [0.29, 0.717) is 36.8 Å². The van der Waals surface area contributed by atoms with Crippen molar-refractivity contribution in [3.05, 3.63) is 53.6 Å². The molecule has 0 saturated heterocycles. The summed E-state index contributed by atoms with van der Waals surface area (Å²) in [6.45, 7) is 0.940. The number of hydrogen-bond acceptors (Lipinski definition) is 6. The van der Waals surface area contributed by atoms with Crippen molar-refractivity contribution >= 4 is 17.6 Å². The first-order chi connectivity index (χ1) is 13.0. The number of carbonyl (C=O) groups excluding carboxylic acids is 2. The van der Waals surface area contributed by atoms with Crippen LogP contribution in [0.3, 0.4) is 0 Å². The van der Waals surface area contributed by atoms with E-state index < -0.39 is 5.97 Å². The predicted octanol–water partition coefficient (Wildman–Crippen LogP) is 2.00. The zero-order valence-corrected chi connectivity index (χ0v) is 15.4. The fourth-order valence-corrected chi connectivity index (χ4v) is 2.55. The third-order valence-electron chi connectivity index (χ3n) is 4.05. The van der Waals surface area contributed by atoms with Gasteiger partial charge in [-0.15, -0.1) is 0 Å². The van der Waals surface area contributed by atoms with Crippen molar-refractivity contribution in [3.8, 4) is 11.5 Å². The quantitative estimate of drug-likeness (QED) is 0.784. The zero-order valence-electron chi connectivity index (χ0n) is 15.4. The van der Waals surface area contributed by atoms with Crippen LogP contribution in [0.4, 0.5) is 5.69 Å². The molecule has 1 amide bonds. The van der Waals surface area contributed by atoms with Crippen LogP contribution in [-0.2, 0) is 16.1 Å². The maximum Gasteiger partial charge on any atom is 0.338 e. The third-order valence-corrected chi connectivity index (χ3v) is 4.05. The predicted molar refractivity (Wildman–Crippen MR) is 100 cm³/mol. The van der Waals surface area contributed by atoms with E-state index in [0.717, 1.165) is 11.3 Å². The fourth-order valence-electron chi connectivity index (χ4n) is 2.55. The summed E-state index contributed by atoms with van der Waals surface area (Å²) < 4.78 is 15.9. The lowest BCUT2D eigenvalue weighted by Gasteiger charge is -2.18. The molecule has 0 spiro atoms. The van der Waals surface area contributed by atoms with E-state index in [-0.39, 0.29) is 12.5 Å². The second-order valence-electron chi connectivity index (χ2n) is 6.27. The number of anilines is 1. The highest BCUT2D eigenvalue weighted by Crippen LogP contribution is 2.30. The number of fused-ring (bicyclic) bond motifs is 1. The number of benzene rings is 2. The van der Waals surface area contributed by atoms with Gasteiger partial charge in [0.25, 0.3) is 5.91 Å². The summed E-state index contributed by atoms with van der Waals surface area (Å²) in [6, 6.07) is 12.6. The lowest BCUT2D eigenvalue weighted by atomic mass is 10.2. The first kappa shape index (κ1) is 18.6. The largest absolute Gasteiger partial charge is 0.486 e. The van der Waals surface area contributed by atoms with Crippen molar-refractivity contribution in [2.75, 3.05) is 38.8 Å². The SMILES string of the molecule is CN(C)c1ccc(CNC(=O)COC(=O)c2ccc3c(c2)OCCO3)cc1. The van der Waals surface area contributed by atoms with E-state index in [1.807, 2.05) is 43.3 Å². The summed E-state index contributed by atoms with van der Waals surface area (Å²) in [5.74, 6) is 0.146. The molecule has 0 saturated carbocycles. The second kappa shape index (κ2) is 8.44. The minimum atomic E-state index is -0.586. The Hall–Kier alpha value is -3.22. The first-order valence-electron chi connectivity index (χ1n) is 8.62. The van der Waals surface area contributed by atoms with Gasteiger partial charge in [-0.05, 0) is 35.9 Å². The summed E-state index contributed by atoms with van der Waals surface area (Å²) in [4.78, 5) is 26.0. The number of amides is 1. The van der Waals surface area contributed by atoms with Crippen molar-refractivity contribution in [1.29, 1.82) is 0 Å². The van der Waals surface area contributed by atoms with Gasteiger partial charge in [0.05, 0.1) is 5.56 Å². The Morgan fingerprint density at radius 1 is 1.04 bits per heavy atom. The fraction of sp³-hybridized carbons (Fsp3) is 0.300. The molecule has 142 valence electrons. The number of carbonyl (C=O) groups is 2. The molecule has 0 aliphatic carbocycles. The standard InChI is InChI=1S/C20H22N2O5/c1-22(2)16-6-3-14(4-7-16)12-21-19(23)13-27-20(24)15-5-8-17-18(11-15)26-10-9-25-17/h3-8,11H,9-10,12-13H2,1-2H3,(H,21,23). The summed E-state index contributed by atoms with van der Waals surface area (Å²) in [5.41, 5.74) is 2.36. The van der Waals surface area contributed by atoms with Crippen molar-refractivity contribution < 1.29 is 23.8 Å². The number of nitrogens with one attached hydrogen (secondary N) is 1. The Morgan fingerprint density at radius 3 is 2.44 bits per heavy atom. The molecule has 0 unspecified atom stereocenters. The Balaban J connectivity index is 1.46. The molecule has 2 aromatic carbocycles. The van der Waals surface area contributed by atoms with Gasteiger partial charge in [-0.3, -0.25) is 4.79 Å². The van der Waals surface area contributed by atoms with Crippen LogP contribution < -0.4 is 19.7 Å². The van der Waals surface area contributed by atoms with Crippen LogP contribution in [0, 0.1) is 0 Å². The van der Waals surface area contributed by atoms with Gasteiger partial charge in [0, 0.05) is 26.3 Å². The number of nitrogens with zero attached hydrogens (tertiary/aromatic N) is 1. The number of ether oxygens (including phenoxy) is 3. The van der Waals surface area contributed by atoms with Gasteiger partial charge in [-0.25, -0.2) is 4.79 Å².